The van der Waals surface area contributed by atoms with Gasteiger partial charge in [0.2, 0.25) is 5.95 Å². The molecular formula is C45H27N5O. The molecule has 0 aliphatic rings. The summed E-state index contributed by atoms with van der Waals surface area (Å²) in [6, 6.07) is 36.0. The van der Waals surface area contributed by atoms with Crippen LogP contribution in [0.1, 0.15) is 9.60 Å². The molecular weight excluding hydrogens is 627 g/mol. The fraction of sp³-hybridized carbons (Fsp3) is 0. The van der Waals surface area contributed by atoms with E-state index in [2.05, 4.69) is 0 Å². The number of hydrogen-bond donors (Lipinski definition) is 0. The lowest BCUT2D eigenvalue weighted by Crippen LogP contribution is -2.07. The number of aromatic nitrogens is 5. The van der Waals surface area contributed by atoms with Crippen molar-refractivity contribution >= 4 is 65.6 Å². The van der Waals surface area contributed by atoms with Crippen molar-refractivity contribution in [2.24, 2.45) is 0 Å². The molecule has 7 aromatic carbocycles. The SMILES string of the molecule is [2H]c1cc([2H])c2c(c1[2H])c1cc([2H])c3c4c([2H])c([2H])cc([2H])c4n(-c4nc(-c5ccccc5)nc(-c5ccc6c(c5)oc5ccccc56)n4)c3c1n2-c1ccccc1. The van der Waals surface area contributed by atoms with E-state index in [1.165, 1.54) is 12.1 Å². The van der Waals surface area contributed by atoms with Gasteiger partial charge in [0.25, 0.3) is 0 Å². The van der Waals surface area contributed by atoms with E-state index in [-0.39, 0.29) is 64.5 Å². The van der Waals surface area contributed by atoms with Gasteiger partial charge in [-0.2, -0.15) is 9.97 Å². The van der Waals surface area contributed by atoms with Crippen molar-refractivity contribution in [1.29, 1.82) is 0 Å². The highest BCUT2D eigenvalue weighted by Gasteiger charge is 2.23. The van der Waals surface area contributed by atoms with E-state index in [1.807, 2.05) is 108 Å². The average Bonchev–Trinajstić information content (AvgIpc) is 3.91. The molecule has 4 heterocycles. The Bertz CT molecular complexity index is 3540. The average molecular weight is 661 g/mol. The first-order valence-corrected chi connectivity index (χ1v) is 16.5. The maximum Gasteiger partial charge on any atom is 0.238 e. The number of nitrogens with zero attached hydrogens (tertiary/aromatic N) is 5. The first kappa shape index (κ1) is 21.8. The Hall–Kier alpha value is -7.05. The van der Waals surface area contributed by atoms with E-state index >= 15 is 0 Å². The second kappa shape index (κ2) is 10.7. The van der Waals surface area contributed by atoms with Crippen LogP contribution in [0, 0.1) is 0 Å². The normalized spacial score (nSPS) is 13.8. The summed E-state index contributed by atoms with van der Waals surface area (Å²) in [5, 5.41) is 3.16. The van der Waals surface area contributed by atoms with Gasteiger partial charge in [-0.3, -0.25) is 4.57 Å². The van der Waals surface area contributed by atoms with Crippen LogP contribution in [0.4, 0.5) is 0 Å². The van der Waals surface area contributed by atoms with Crippen LogP contribution in [-0.4, -0.2) is 24.1 Å². The predicted molar refractivity (Wildman–Crippen MR) is 207 cm³/mol. The van der Waals surface area contributed by atoms with Crippen LogP contribution in [0.2, 0.25) is 0 Å². The van der Waals surface area contributed by atoms with Crippen LogP contribution in [0.15, 0.2) is 168 Å². The van der Waals surface area contributed by atoms with Crippen molar-refractivity contribution in [2.75, 3.05) is 0 Å². The molecule has 0 saturated carbocycles. The van der Waals surface area contributed by atoms with Gasteiger partial charge >= 0.3 is 0 Å². The van der Waals surface area contributed by atoms with Gasteiger partial charge in [-0.15, -0.1) is 0 Å². The van der Waals surface area contributed by atoms with E-state index in [4.69, 9.17) is 24.9 Å². The van der Waals surface area contributed by atoms with Gasteiger partial charge in [-0.25, -0.2) is 4.98 Å². The van der Waals surface area contributed by atoms with Gasteiger partial charge < -0.3 is 8.98 Å². The Kier molecular flexibility index (Phi) is 4.59. The summed E-state index contributed by atoms with van der Waals surface area (Å²) in [6.07, 6.45) is 0. The smallest absolute Gasteiger partial charge is 0.238 e. The molecule has 238 valence electrons. The summed E-state index contributed by atoms with van der Waals surface area (Å²) >= 11 is 0. The molecule has 0 fully saturated rings. The van der Waals surface area contributed by atoms with Crippen molar-refractivity contribution in [1.82, 2.24) is 24.1 Å². The van der Waals surface area contributed by atoms with Crippen molar-refractivity contribution in [3.63, 3.8) is 0 Å². The third-order valence-electron chi connectivity index (χ3n) is 9.43. The molecule has 0 aliphatic heterocycles. The van der Waals surface area contributed by atoms with Crippen molar-refractivity contribution in [3.8, 4) is 34.4 Å². The number of hydrogen-bond acceptors (Lipinski definition) is 4. The molecule has 6 nitrogen and oxygen atoms in total. The third-order valence-corrected chi connectivity index (χ3v) is 9.43. The van der Waals surface area contributed by atoms with Crippen molar-refractivity contribution in [2.45, 2.75) is 0 Å². The van der Waals surface area contributed by atoms with Crippen LogP contribution in [-0.2, 0) is 0 Å². The molecule has 51 heavy (non-hydrogen) atoms. The van der Waals surface area contributed by atoms with Crippen LogP contribution in [0.3, 0.4) is 0 Å². The van der Waals surface area contributed by atoms with Crippen LogP contribution in [0.25, 0.3) is 100.0 Å². The van der Waals surface area contributed by atoms with Gasteiger partial charge in [0.15, 0.2) is 11.6 Å². The summed E-state index contributed by atoms with van der Waals surface area (Å²) < 4.78 is 73.4. The number of benzene rings is 7. The number of furan rings is 1. The summed E-state index contributed by atoms with van der Waals surface area (Å²) in [7, 11) is 0. The highest BCUT2D eigenvalue weighted by atomic mass is 16.3. The van der Waals surface area contributed by atoms with Gasteiger partial charge in [-0.1, -0.05) is 121 Å². The highest BCUT2D eigenvalue weighted by molar-refractivity contribution is 6.23. The van der Waals surface area contributed by atoms with Crippen LogP contribution in [0.5, 0.6) is 0 Å². The molecule has 0 N–H and O–H groups in total. The lowest BCUT2D eigenvalue weighted by atomic mass is 10.1. The first-order chi connectivity index (χ1) is 28.2. The third kappa shape index (κ3) is 4.14. The molecule has 0 unspecified atom stereocenters. The number of rotatable bonds is 4. The summed E-state index contributed by atoms with van der Waals surface area (Å²) in [5.74, 6) is 0.727. The van der Waals surface area contributed by atoms with E-state index in [0.29, 0.717) is 61.4 Å². The molecule has 11 aromatic rings. The lowest BCUT2D eigenvalue weighted by molar-refractivity contribution is 0.669. The standard InChI is InChI=1S/C45H27N5O/c1-3-13-28(14-4-1)43-46-44(29-23-24-34-33-19-9-12-22-39(33)51-40(34)27-29)48-45(47-43)50-38-21-11-8-18-32(38)36-26-25-35-31-17-7-10-20-37(31)49(41(35)42(36)50)30-15-5-2-6-16-30/h1-27H/i7D,8D,17D,18D,20D,21D,26D. The van der Waals surface area contributed by atoms with Crippen molar-refractivity contribution < 1.29 is 14.0 Å². The van der Waals surface area contributed by atoms with E-state index in [1.54, 1.807) is 10.6 Å². The first-order valence-electron chi connectivity index (χ1n) is 20.0. The second-order valence-corrected chi connectivity index (χ2v) is 12.3. The zero-order valence-corrected chi connectivity index (χ0v) is 26.7. The van der Waals surface area contributed by atoms with Gasteiger partial charge in [0, 0.05) is 49.1 Å². The monoisotopic (exact) mass is 660 g/mol. The van der Waals surface area contributed by atoms with Crippen LogP contribution < -0.4 is 0 Å². The minimum Gasteiger partial charge on any atom is -0.456 e. The zero-order chi connectivity index (χ0) is 39.6. The van der Waals surface area contributed by atoms with Gasteiger partial charge in [0.1, 0.15) is 11.2 Å². The Balaban J connectivity index is 1.35. The Morgan fingerprint density at radius 1 is 0.451 bits per heavy atom. The molecule has 0 atom stereocenters. The maximum absolute atomic E-state index is 9.54. The summed E-state index contributed by atoms with van der Waals surface area (Å²) in [6.45, 7) is 0. The fourth-order valence-corrected chi connectivity index (χ4v) is 7.20. The lowest BCUT2D eigenvalue weighted by Gasteiger charge is -2.13. The quantitative estimate of drug-likeness (QED) is 0.188. The van der Waals surface area contributed by atoms with E-state index < -0.39 is 0 Å². The second-order valence-electron chi connectivity index (χ2n) is 12.3. The van der Waals surface area contributed by atoms with Gasteiger partial charge in [-0.05, 0) is 42.4 Å². The van der Waals surface area contributed by atoms with Gasteiger partial charge in [0.05, 0.1) is 31.7 Å². The minimum absolute atomic E-state index is 0.0176. The minimum atomic E-state index is -0.180. The number of para-hydroxylation sites is 4. The molecule has 0 saturated heterocycles. The zero-order valence-electron chi connectivity index (χ0n) is 33.7. The summed E-state index contributed by atoms with van der Waals surface area (Å²) in [4.78, 5) is 15.1. The Morgan fingerprint density at radius 2 is 1.10 bits per heavy atom. The van der Waals surface area contributed by atoms with E-state index in [0.717, 1.165) is 16.4 Å². The molecule has 0 amide bonds. The van der Waals surface area contributed by atoms with Crippen LogP contribution >= 0.6 is 0 Å². The van der Waals surface area contributed by atoms with Crippen molar-refractivity contribution in [3.05, 3.63) is 164 Å². The Morgan fingerprint density at radius 3 is 1.90 bits per heavy atom. The molecule has 4 aromatic heterocycles. The maximum atomic E-state index is 9.54. The molecule has 0 aliphatic carbocycles. The molecule has 0 radical (unpaired) electrons. The highest BCUT2D eigenvalue weighted by Crippen LogP contribution is 2.41. The molecule has 11 rings (SSSR count). The molecule has 6 heteroatoms. The molecule has 0 spiro atoms. The topological polar surface area (TPSA) is 61.7 Å². The molecule has 0 bridgehead atoms. The Labute approximate surface area is 301 Å². The van der Waals surface area contributed by atoms with E-state index in [9.17, 15) is 4.11 Å². The fourth-order valence-electron chi connectivity index (χ4n) is 7.20. The predicted octanol–water partition coefficient (Wildman–Crippen LogP) is 11.3. The number of fused-ring (bicyclic) bond motifs is 10. The largest absolute Gasteiger partial charge is 0.456 e. The summed E-state index contributed by atoms with van der Waals surface area (Å²) in [5.41, 5.74) is 4.78.